The van der Waals surface area contributed by atoms with E-state index in [4.69, 9.17) is 4.74 Å². The number of nitrogens with one attached hydrogen (secondary N) is 1. The molecular weight excluding hydrogens is 542 g/mol. The number of nitrogens with zero attached hydrogens (tertiary/aromatic N) is 2. The molecule has 0 aromatic heterocycles. The van der Waals surface area contributed by atoms with Crippen molar-refractivity contribution in [3.63, 3.8) is 0 Å². The van der Waals surface area contributed by atoms with Crippen LogP contribution in [0.25, 0.3) is 6.08 Å². The third kappa shape index (κ3) is 7.75. The third-order valence-corrected chi connectivity index (χ3v) is 10.4. The Balaban J connectivity index is 1.57. The Hall–Kier alpha value is -3.06. The second-order valence-electron chi connectivity index (χ2n) is 9.09. The van der Waals surface area contributed by atoms with E-state index in [0.717, 1.165) is 25.3 Å². The van der Waals surface area contributed by atoms with E-state index in [1.165, 1.54) is 39.0 Å². The number of piperidine rings is 1. The number of ether oxygens (including phenoxy) is 1. The molecule has 0 unspecified atom stereocenters. The molecule has 1 aliphatic rings. The number of carbonyl (C=O) groups excluding carboxylic acids is 2. The molecule has 0 atom stereocenters. The molecule has 1 N–H and O–H groups in total. The molecule has 39 heavy (non-hydrogen) atoms. The average Bonchev–Trinajstić information content (AvgIpc) is 2.93. The van der Waals surface area contributed by atoms with E-state index >= 15 is 0 Å². The number of rotatable bonds is 11. The highest BCUT2D eigenvalue weighted by Gasteiger charge is 2.26. The first-order valence-electron chi connectivity index (χ1n) is 12.8. The van der Waals surface area contributed by atoms with Crippen LogP contribution in [0, 0.1) is 6.92 Å². The first-order valence-corrected chi connectivity index (χ1v) is 15.7. The van der Waals surface area contributed by atoms with Crippen LogP contribution in [-0.4, -0.2) is 70.1 Å². The number of sulfonamides is 2. The Morgan fingerprint density at radius 3 is 2.18 bits per heavy atom. The number of carbonyl (C=O) groups is 2. The van der Waals surface area contributed by atoms with Crippen molar-refractivity contribution >= 4 is 43.7 Å². The molecule has 0 bridgehead atoms. The zero-order valence-electron chi connectivity index (χ0n) is 22.4. The van der Waals surface area contributed by atoms with Gasteiger partial charge in [0.05, 0.1) is 9.79 Å². The van der Waals surface area contributed by atoms with E-state index in [0.29, 0.717) is 43.0 Å². The van der Waals surface area contributed by atoms with Gasteiger partial charge in [-0.25, -0.2) is 21.6 Å². The van der Waals surface area contributed by atoms with Crippen molar-refractivity contribution in [2.75, 3.05) is 38.1 Å². The Bertz CT molecular complexity index is 1410. The maximum Gasteiger partial charge on any atom is 0.331 e. The van der Waals surface area contributed by atoms with Gasteiger partial charge in [0.1, 0.15) is 0 Å². The van der Waals surface area contributed by atoms with Crippen molar-refractivity contribution in [3.8, 4) is 0 Å². The number of esters is 1. The SMILES string of the molecule is CCN(CC)S(=O)(=O)c1ccc(C=CC(=O)OCC(=O)Nc2cc(S(=O)(=O)N3CCCCC3)ccc2C)cc1. The van der Waals surface area contributed by atoms with Crippen LogP contribution in [0.15, 0.2) is 58.3 Å². The van der Waals surface area contributed by atoms with Crippen LogP contribution < -0.4 is 5.32 Å². The lowest BCUT2D eigenvalue weighted by atomic mass is 10.2. The number of hydrogen-bond donors (Lipinski definition) is 1. The predicted molar refractivity (Wildman–Crippen MR) is 149 cm³/mol. The maximum atomic E-state index is 13.0. The summed E-state index contributed by atoms with van der Waals surface area (Å²) in [6.07, 6.45) is 5.23. The van der Waals surface area contributed by atoms with Gasteiger partial charge in [0.2, 0.25) is 20.0 Å². The Morgan fingerprint density at radius 2 is 1.56 bits per heavy atom. The van der Waals surface area contributed by atoms with Gasteiger partial charge in [0.15, 0.2) is 6.61 Å². The molecule has 0 spiro atoms. The predicted octanol–water partition coefficient (Wildman–Crippen LogP) is 3.40. The van der Waals surface area contributed by atoms with Crippen molar-refractivity contribution in [1.82, 2.24) is 8.61 Å². The minimum atomic E-state index is -3.66. The summed E-state index contributed by atoms with van der Waals surface area (Å²) in [5, 5.41) is 2.61. The fourth-order valence-electron chi connectivity index (χ4n) is 4.15. The summed E-state index contributed by atoms with van der Waals surface area (Å²) in [6.45, 7) is 6.38. The van der Waals surface area contributed by atoms with Crippen molar-refractivity contribution in [1.29, 1.82) is 0 Å². The molecule has 10 nitrogen and oxygen atoms in total. The van der Waals surface area contributed by atoms with Gasteiger partial charge in [-0.05, 0) is 61.2 Å². The number of hydrogen-bond acceptors (Lipinski definition) is 7. The number of anilines is 1. The van der Waals surface area contributed by atoms with Crippen molar-refractivity contribution in [2.45, 2.75) is 49.8 Å². The Labute approximate surface area is 230 Å². The molecule has 0 aliphatic carbocycles. The molecule has 12 heteroatoms. The lowest BCUT2D eigenvalue weighted by Gasteiger charge is -2.26. The summed E-state index contributed by atoms with van der Waals surface area (Å²) in [7, 11) is -7.24. The van der Waals surface area contributed by atoms with Crippen LogP contribution >= 0.6 is 0 Å². The lowest BCUT2D eigenvalue weighted by molar-refractivity contribution is -0.142. The standard InChI is InChI=1S/C27H35N3O7S2/c1-4-29(5-2)38(33,34)23-14-10-22(11-15-23)12-16-27(32)37-20-26(31)28-25-19-24(13-9-21(25)3)39(35,36)30-17-7-6-8-18-30/h9-16,19H,4-8,17-18,20H2,1-3H3,(H,28,31). The topological polar surface area (TPSA) is 130 Å². The highest BCUT2D eigenvalue weighted by Crippen LogP contribution is 2.25. The number of benzene rings is 2. The van der Waals surface area contributed by atoms with Crippen LogP contribution in [-0.2, 0) is 34.4 Å². The smallest absolute Gasteiger partial charge is 0.331 e. The molecule has 3 rings (SSSR count). The Kier molecular flexibility index (Phi) is 10.4. The molecule has 0 saturated carbocycles. The number of aryl methyl sites for hydroxylation is 1. The fraction of sp³-hybridized carbons (Fsp3) is 0.407. The van der Waals surface area contributed by atoms with E-state index in [1.54, 1.807) is 39.0 Å². The molecule has 1 saturated heterocycles. The van der Waals surface area contributed by atoms with Crippen LogP contribution in [0.5, 0.6) is 0 Å². The molecule has 1 amide bonds. The van der Waals surface area contributed by atoms with Crippen molar-refractivity contribution in [3.05, 3.63) is 59.7 Å². The summed E-state index contributed by atoms with van der Waals surface area (Å²) in [6, 6.07) is 10.6. The minimum Gasteiger partial charge on any atom is -0.452 e. The highest BCUT2D eigenvalue weighted by molar-refractivity contribution is 7.89. The van der Waals surface area contributed by atoms with Gasteiger partial charge < -0.3 is 10.1 Å². The van der Waals surface area contributed by atoms with E-state index < -0.39 is 38.5 Å². The monoisotopic (exact) mass is 577 g/mol. The van der Waals surface area contributed by atoms with Crippen molar-refractivity contribution < 1.29 is 31.2 Å². The van der Waals surface area contributed by atoms with Crippen molar-refractivity contribution in [2.24, 2.45) is 0 Å². The molecule has 1 heterocycles. The molecular formula is C27H35N3O7S2. The van der Waals surface area contributed by atoms with Gasteiger partial charge in [-0.3, -0.25) is 4.79 Å². The largest absolute Gasteiger partial charge is 0.452 e. The van der Waals surface area contributed by atoms with Gasteiger partial charge in [-0.15, -0.1) is 0 Å². The fourth-order valence-corrected chi connectivity index (χ4v) is 7.15. The molecule has 2 aromatic rings. The molecule has 2 aromatic carbocycles. The van der Waals surface area contributed by atoms with E-state index in [-0.39, 0.29) is 9.79 Å². The van der Waals surface area contributed by atoms with Gasteiger partial charge >= 0.3 is 5.97 Å². The van der Waals surface area contributed by atoms with Crippen LogP contribution in [0.2, 0.25) is 0 Å². The summed E-state index contributed by atoms with van der Waals surface area (Å²) in [4.78, 5) is 24.8. The summed E-state index contributed by atoms with van der Waals surface area (Å²) >= 11 is 0. The summed E-state index contributed by atoms with van der Waals surface area (Å²) < 4.78 is 58.9. The normalized spacial score (nSPS) is 15.0. The zero-order chi connectivity index (χ0) is 28.6. The first kappa shape index (κ1) is 30.5. The first-order chi connectivity index (χ1) is 18.5. The van der Waals surface area contributed by atoms with Gasteiger partial charge in [-0.1, -0.05) is 38.5 Å². The van der Waals surface area contributed by atoms with E-state index in [9.17, 15) is 26.4 Å². The van der Waals surface area contributed by atoms with E-state index in [1.807, 2.05) is 0 Å². The lowest BCUT2D eigenvalue weighted by Crippen LogP contribution is -2.35. The molecule has 0 radical (unpaired) electrons. The van der Waals surface area contributed by atoms with Gasteiger partial charge in [0.25, 0.3) is 5.91 Å². The Morgan fingerprint density at radius 1 is 0.949 bits per heavy atom. The molecule has 1 aliphatic heterocycles. The highest BCUT2D eigenvalue weighted by atomic mass is 32.2. The van der Waals surface area contributed by atoms with Gasteiger partial charge in [0, 0.05) is 37.9 Å². The maximum absolute atomic E-state index is 13.0. The molecule has 212 valence electrons. The van der Waals surface area contributed by atoms with Crippen LogP contribution in [0.3, 0.4) is 0 Å². The van der Waals surface area contributed by atoms with E-state index in [2.05, 4.69) is 5.32 Å². The van der Waals surface area contributed by atoms with Crippen LogP contribution in [0.4, 0.5) is 5.69 Å². The second-order valence-corrected chi connectivity index (χ2v) is 13.0. The molecule has 1 fully saturated rings. The summed E-state index contributed by atoms with van der Waals surface area (Å²) in [5.41, 5.74) is 1.57. The third-order valence-electron chi connectivity index (χ3n) is 6.42. The minimum absolute atomic E-state index is 0.0983. The average molecular weight is 578 g/mol. The zero-order valence-corrected chi connectivity index (χ0v) is 24.1. The number of amides is 1. The quantitative estimate of drug-likeness (QED) is 0.320. The second kappa shape index (κ2) is 13.3. The van der Waals surface area contributed by atoms with Crippen LogP contribution in [0.1, 0.15) is 44.2 Å². The van der Waals surface area contributed by atoms with Gasteiger partial charge in [-0.2, -0.15) is 8.61 Å². The summed E-state index contributed by atoms with van der Waals surface area (Å²) in [5.74, 6) is -1.37.